The molecule has 0 bridgehead atoms. The van der Waals surface area contributed by atoms with Gasteiger partial charge in [-0.2, -0.15) is 0 Å². The zero-order chi connectivity index (χ0) is 11.1. The summed E-state index contributed by atoms with van der Waals surface area (Å²) in [5.41, 5.74) is 2.13. The number of aromatic nitrogens is 1. The summed E-state index contributed by atoms with van der Waals surface area (Å²) in [6.45, 7) is 0.430. The number of rotatable bonds is 0. The van der Waals surface area contributed by atoms with Crippen LogP contribution in [-0.4, -0.2) is 17.6 Å². The smallest absolute Gasteiger partial charge is 0.357 e. The van der Waals surface area contributed by atoms with E-state index in [1.54, 1.807) is 12.1 Å². The van der Waals surface area contributed by atoms with Crippen molar-refractivity contribution in [2.24, 2.45) is 0 Å². The Morgan fingerprint density at radius 2 is 2.19 bits per heavy atom. The molecule has 0 spiro atoms. The van der Waals surface area contributed by atoms with E-state index in [1.807, 2.05) is 12.1 Å². The second-order valence-electron chi connectivity index (χ2n) is 3.72. The fraction of sp³-hybridized carbons (Fsp3) is 0.167. The maximum absolute atomic E-state index is 11.5. The summed E-state index contributed by atoms with van der Waals surface area (Å²) in [7, 11) is 0. The van der Waals surface area contributed by atoms with Crippen molar-refractivity contribution in [1.82, 2.24) is 4.98 Å². The van der Waals surface area contributed by atoms with Gasteiger partial charge in [0, 0.05) is 16.8 Å². The van der Waals surface area contributed by atoms with E-state index in [4.69, 9.17) is 16.3 Å². The minimum absolute atomic E-state index is 0.335. The second-order valence-corrected chi connectivity index (χ2v) is 4.16. The lowest BCUT2D eigenvalue weighted by molar-refractivity contribution is 0.0472. The van der Waals surface area contributed by atoms with Crippen molar-refractivity contribution in [3.63, 3.8) is 0 Å². The zero-order valence-corrected chi connectivity index (χ0v) is 9.12. The van der Waals surface area contributed by atoms with Crippen LogP contribution in [0.5, 0.6) is 0 Å². The first-order chi connectivity index (χ1) is 7.74. The molecule has 80 valence electrons. The number of esters is 1. The van der Waals surface area contributed by atoms with Crippen LogP contribution in [0.2, 0.25) is 5.02 Å². The molecule has 1 aliphatic heterocycles. The topological polar surface area (TPSA) is 39.2 Å². The molecule has 0 atom stereocenters. The summed E-state index contributed by atoms with van der Waals surface area (Å²) in [6, 6.07) is 7.38. The first-order valence-corrected chi connectivity index (χ1v) is 5.38. The van der Waals surface area contributed by atoms with Gasteiger partial charge in [0.05, 0.1) is 12.1 Å². The van der Waals surface area contributed by atoms with Crippen molar-refractivity contribution < 1.29 is 9.53 Å². The van der Waals surface area contributed by atoms with Gasteiger partial charge in [0.25, 0.3) is 0 Å². The molecule has 2 aromatic rings. The highest BCUT2D eigenvalue weighted by atomic mass is 35.5. The highest BCUT2D eigenvalue weighted by Crippen LogP contribution is 2.23. The van der Waals surface area contributed by atoms with Crippen molar-refractivity contribution in [2.75, 3.05) is 6.61 Å². The Bertz CT molecular complexity index is 595. The third kappa shape index (κ3) is 1.44. The van der Waals surface area contributed by atoms with E-state index in [2.05, 4.69) is 4.98 Å². The number of halogens is 1. The van der Waals surface area contributed by atoms with Crippen LogP contribution >= 0.6 is 11.6 Å². The van der Waals surface area contributed by atoms with Crippen LogP contribution < -0.4 is 0 Å². The second kappa shape index (κ2) is 3.46. The van der Waals surface area contributed by atoms with Gasteiger partial charge < -0.3 is 4.74 Å². The summed E-state index contributed by atoms with van der Waals surface area (Å²) < 4.78 is 4.95. The normalized spacial score (nSPS) is 14.7. The molecule has 0 amide bonds. The average molecular weight is 234 g/mol. The number of fused-ring (bicyclic) bond motifs is 2. The predicted octanol–water partition coefficient (Wildman–Crippen LogP) is 2.60. The van der Waals surface area contributed by atoms with Crippen molar-refractivity contribution in [3.05, 3.63) is 40.5 Å². The average Bonchev–Trinajstić information content (AvgIpc) is 2.27. The number of hydrogen-bond acceptors (Lipinski definition) is 3. The van der Waals surface area contributed by atoms with Crippen LogP contribution in [0, 0.1) is 0 Å². The predicted molar refractivity (Wildman–Crippen MR) is 60.7 cm³/mol. The number of pyridine rings is 1. The van der Waals surface area contributed by atoms with Crippen molar-refractivity contribution in [3.8, 4) is 0 Å². The Kier molecular flexibility index (Phi) is 2.07. The Morgan fingerprint density at radius 3 is 3.06 bits per heavy atom. The molecule has 3 nitrogen and oxygen atoms in total. The summed E-state index contributed by atoms with van der Waals surface area (Å²) in [6.07, 6.45) is 0.719. The fourth-order valence-corrected chi connectivity index (χ4v) is 2.06. The number of carbonyl (C=O) groups is 1. The highest BCUT2D eigenvalue weighted by Gasteiger charge is 2.20. The van der Waals surface area contributed by atoms with Crippen LogP contribution in [0.25, 0.3) is 10.9 Å². The van der Waals surface area contributed by atoms with Crippen molar-refractivity contribution in [2.45, 2.75) is 6.42 Å². The third-order valence-corrected chi connectivity index (χ3v) is 2.89. The molecule has 2 heterocycles. The van der Waals surface area contributed by atoms with Gasteiger partial charge in [-0.15, -0.1) is 0 Å². The molecule has 1 aromatic carbocycles. The number of benzene rings is 1. The lowest BCUT2D eigenvalue weighted by Crippen LogP contribution is -2.19. The van der Waals surface area contributed by atoms with E-state index in [0.29, 0.717) is 17.3 Å². The van der Waals surface area contributed by atoms with Crippen LogP contribution in [-0.2, 0) is 11.2 Å². The number of ether oxygens (including phenoxy) is 1. The van der Waals surface area contributed by atoms with E-state index in [0.717, 1.165) is 22.9 Å². The standard InChI is InChI=1S/C12H8ClNO2/c13-9-1-2-10-8(6-9)5-7-3-4-16-12(15)11(7)14-10/h1-2,5-6H,3-4H2. The van der Waals surface area contributed by atoms with E-state index in [1.165, 1.54) is 0 Å². The number of hydrogen-bond donors (Lipinski definition) is 0. The summed E-state index contributed by atoms with van der Waals surface area (Å²) in [4.78, 5) is 15.8. The quantitative estimate of drug-likeness (QED) is 0.657. The Labute approximate surface area is 97.0 Å². The Morgan fingerprint density at radius 1 is 1.31 bits per heavy atom. The Balaban J connectivity index is 2.30. The lowest BCUT2D eigenvalue weighted by atomic mass is 10.1. The SMILES string of the molecule is O=C1OCCc2cc3cc(Cl)ccc3nc21. The summed E-state index contributed by atoms with van der Waals surface area (Å²) in [5, 5.41) is 1.63. The number of nitrogens with zero attached hydrogens (tertiary/aromatic N) is 1. The molecule has 0 saturated carbocycles. The molecule has 16 heavy (non-hydrogen) atoms. The minimum Gasteiger partial charge on any atom is -0.461 e. The monoisotopic (exact) mass is 233 g/mol. The van der Waals surface area contributed by atoms with Crippen molar-refractivity contribution in [1.29, 1.82) is 0 Å². The van der Waals surface area contributed by atoms with Crippen LogP contribution in [0.4, 0.5) is 0 Å². The van der Waals surface area contributed by atoms with E-state index >= 15 is 0 Å². The van der Waals surface area contributed by atoms with Gasteiger partial charge >= 0.3 is 5.97 Å². The lowest BCUT2D eigenvalue weighted by Gasteiger charge is -2.15. The van der Waals surface area contributed by atoms with E-state index in [-0.39, 0.29) is 5.97 Å². The molecule has 0 fully saturated rings. The van der Waals surface area contributed by atoms with E-state index < -0.39 is 0 Å². The molecule has 0 saturated heterocycles. The Hall–Kier alpha value is -1.61. The molecule has 1 aliphatic rings. The van der Waals surface area contributed by atoms with Gasteiger partial charge in [-0.25, -0.2) is 9.78 Å². The molecule has 0 N–H and O–H groups in total. The van der Waals surface area contributed by atoms with E-state index in [9.17, 15) is 4.79 Å². The minimum atomic E-state index is -0.335. The van der Waals surface area contributed by atoms with Gasteiger partial charge in [0.15, 0.2) is 5.69 Å². The first kappa shape index (κ1) is 9.60. The third-order valence-electron chi connectivity index (χ3n) is 2.65. The van der Waals surface area contributed by atoms with Gasteiger partial charge in [0.2, 0.25) is 0 Å². The molecule has 0 unspecified atom stereocenters. The molecule has 3 rings (SSSR count). The maximum atomic E-state index is 11.5. The molecule has 1 aromatic heterocycles. The summed E-state index contributed by atoms with van der Waals surface area (Å²) >= 11 is 5.91. The zero-order valence-electron chi connectivity index (χ0n) is 8.37. The van der Waals surface area contributed by atoms with Gasteiger partial charge in [-0.3, -0.25) is 0 Å². The maximum Gasteiger partial charge on any atom is 0.357 e. The molecule has 4 heteroatoms. The first-order valence-electron chi connectivity index (χ1n) is 5.00. The number of carbonyl (C=O) groups excluding carboxylic acids is 1. The van der Waals surface area contributed by atoms with Gasteiger partial charge in [-0.05, 0) is 29.8 Å². The molecular formula is C12H8ClNO2. The van der Waals surface area contributed by atoms with Gasteiger partial charge in [0.1, 0.15) is 0 Å². The molecule has 0 aliphatic carbocycles. The number of cyclic esters (lactones) is 1. The largest absolute Gasteiger partial charge is 0.461 e. The molecular weight excluding hydrogens is 226 g/mol. The summed E-state index contributed by atoms with van der Waals surface area (Å²) in [5.74, 6) is -0.335. The molecule has 0 radical (unpaired) electrons. The van der Waals surface area contributed by atoms with Crippen LogP contribution in [0.15, 0.2) is 24.3 Å². The highest BCUT2D eigenvalue weighted by molar-refractivity contribution is 6.31. The van der Waals surface area contributed by atoms with Crippen molar-refractivity contribution >= 4 is 28.5 Å². The fourth-order valence-electron chi connectivity index (χ4n) is 1.88. The van der Waals surface area contributed by atoms with Gasteiger partial charge in [-0.1, -0.05) is 11.6 Å². The van der Waals surface area contributed by atoms with Crippen LogP contribution in [0.1, 0.15) is 16.1 Å². The van der Waals surface area contributed by atoms with Crippen LogP contribution in [0.3, 0.4) is 0 Å².